The van der Waals surface area contributed by atoms with Gasteiger partial charge in [-0.3, -0.25) is 0 Å². The molecular formula is C21H25F3N8O2. The molecule has 0 bridgehead atoms. The third kappa shape index (κ3) is 4.89. The van der Waals surface area contributed by atoms with E-state index in [0.29, 0.717) is 35.1 Å². The molecule has 4 rings (SSSR count). The van der Waals surface area contributed by atoms with Crippen LogP contribution in [-0.2, 0) is 19.3 Å². The smallest absolute Gasteiger partial charge is 0.451 e. The number of anilines is 2. The van der Waals surface area contributed by atoms with Crippen LogP contribution in [0, 0.1) is 6.92 Å². The first-order chi connectivity index (χ1) is 16.2. The number of nitrogens with one attached hydrogen (secondary N) is 1. The second-order valence-corrected chi connectivity index (χ2v) is 7.94. The SMILES string of the molecule is CNCC(O)COc1cccc(-c2nc(N)c(C)c(N3CCn4c(nnc4C(F)(F)F)C3)n2)c1. The fraction of sp³-hybridized carbons (Fsp3) is 0.429. The predicted molar refractivity (Wildman–Crippen MR) is 118 cm³/mol. The quantitative estimate of drug-likeness (QED) is 0.464. The first-order valence-electron chi connectivity index (χ1n) is 10.6. The Labute approximate surface area is 193 Å². The topological polar surface area (TPSA) is 127 Å². The number of benzene rings is 1. The molecule has 3 aromatic rings. The molecule has 1 aliphatic rings. The number of aromatic nitrogens is 5. The number of alkyl halides is 3. The Morgan fingerprint density at radius 2 is 2.03 bits per heavy atom. The van der Waals surface area contributed by atoms with Crippen molar-refractivity contribution in [3.63, 3.8) is 0 Å². The van der Waals surface area contributed by atoms with Crippen molar-refractivity contribution >= 4 is 11.6 Å². The lowest BCUT2D eigenvalue weighted by atomic mass is 10.2. The number of halogens is 3. The van der Waals surface area contributed by atoms with Gasteiger partial charge in [0.15, 0.2) is 11.6 Å². The summed E-state index contributed by atoms with van der Waals surface area (Å²) in [6.45, 7) is 2.71. The highest BCUT2D eigenvalue weighted by Crippen LogP contribution is 2.32. The summed E-state index contributed by atoms with van der Waals surface area (Å²) in [6.07, 6.45) is -5.22. The summed E-state index contributed by atoms with van der Waals surface area (Å²) < 4.78 is 46.2. The molecule has 10 nitrogen and oxygen atoms in total. The maximum absolute atomic E-state index is 13.2. The molecule has 3 heterocycles. The van der Waals surface area contributed by atoms with Crippen LogP contribution in [0.1, 0.15) is 17.2 Å². The van der Waals surface area contributed by atoms with E-state index in [-0.39, 0.29) is 37.9 Å². The van der Waals surface area contributed by atoms with Crippen LogP contribution in [0.5, 0.6) is 5.75 Å². The standard InChI is InChI=1S/C21H25F3N8O2/c1-12-17(25)27-18(13-4-3-5-15(8-13)34-11-14(33)9-26-2)28-19(12)31-6-7-32-16(10-31)29-30-20(32)21(22,23)24/h3-5,8,14,26,33H,6-7,9-11H2,1-2H3,(H2,25,27,28). The molecule has 182 valence electrons. The second kappa shape index (κ2) is 9.43. The van der Waals surface area contributed by atoms with Gasteiger partial charge in [-0.15, -0.1) is 10.2 Å². The van der Waals surface area contributed by atoms with Gasteiger partial charge in [-0.05, 0) is 26.1 Å². The molecule has 1 atom stereocenters. The minimum atomic E-state index is -4.56. The highest BCUT2D eigenvalue weighted by Gasteiger charge is 2.39. The first kappa shape index (κ1) is 23.7. The molecule has 13 heteroatoms. The van der Waals surface area contributed by atoms with E-state index in [2.05, 4.69) is 25.5 Å². The van der Waals surface area contributed by atoms with Crippen LogP contribution in [0.3, 0.4) is 0 Å². The van der Waals surface area contributed by atoms with Crippen molar-refractivity contribution in [3.05, 3.63) is 41.5 Å². The molecule has 0 saturated heterocycles. The van der Waals surface area contributed by atoms with Crippen LogP contribution >= 0.6 is 0 Å². The zero-order valence-corrected chi connectivity index (χ0v) is 18.7. The van der Waals surface area contributed by atoms with Gasteiger partial charge in [0.05, 0.1) is 6.54 Å². The van der Waals surface area contributed by atoms with E-state index in [9.17, 15) is 18.3 Å². The summed E-state index contributed by atoms with van der Waals surface area (Å²) in [6, 6.07) is 7.07. The maximum Gasteiger partial charge on any atom is 0.451 e. The van der Waals surface area contributed by atoms with Crippen molar-refractivity contribution in [2.75, 3.05) is 37.4 Å². The number of aliphatic hydroxyl groups excluding tert-OH is 1. The molecule has 34 heavy (non-hydrogen) atoms. The number of likely N-dealkylation sites (N-methyl/N-ethyl adjacent to an activating group) is 1. The Hall–Kier alpha value is -3.45. The number of hydrogen-bond donors (Lipinski definition) is 3. The lowest BCUT2D eigenvalue weighted by Crippen LogP contribution is -2.36. The number of nitrogens with two attached hydrogens (primary N) is 1. The van der Waals surface area contributed by atoms with E-state index < -0.39 is 18.1 Å². The Morgan fingerprint density at radius 3 is 2.76 bits per heavy atom. The van der Waals surface area contributed by atoms with Gasteiger partial charge in [0, 0.05) is 30.8 Å². The van der Waals surface area contributed by atoms with Crippen molar-refractivity contribution in [2.45, 2.75) is 32.3 Å². The highest BCUT2D eigenvalue weighted by molar-refractivity contribution is 5.66. The van der Waals surface area contributed by atoms with Gasteiger partial charge in [0.25, 0.3) is 0 Å². The van der Waals surface area contributed by atoms with Gasteiger partial charge in [-0.2, -0.15) is 13.2 Å². The van der Waals surface area contributed by atoms with Crippen LogP contribution < -0.4 is 20.7 Å². The van der Waals surface area contributed by atoms with Crippen molar-refractivity contribution in [1.29, 1.82) is 0 Å². The molecule has 0 spiro atoms. The monoisotopic (exact) mass is 478 g/mol. The van der Waals surface area contributed by atoms with Gasteiger partial charge in [0.2, 0.25) is 5.82 Å². The molecular weight excluding hydrogens is 453 g/mol. The van der Waals surface area contributed by atoms with Gasteiger partial charge < -0.3 is 30.4 Å². The van der Waals surface area contributed by atoms with Gasteiger partial charge in [-0.25, -0.2) is 9.97 Å². The Kier molecular flexibility index (Phi) is 6.57. The highest BCUT2D eigenvalue weighted by atomic mass is 19.4. The summed E-state index contributed by atoms with van der Waals surface area (Å²) in [5.41, 5.74) is 7.43. The molecule has 0 radical (unpaired) electrons. The molecule has 4 N–H and O–H groups in total. The lowest BCUT2D eigenvalue weighted by Gasteiger charge is -2.30. The normalized spacial score (nSPS) is 14.7. The number of hydrogen-bond acceptors (Lipinski definition) is 9. The molecule has 0 fully saturated rings. The van der Waals surface area contributed by atoms with Gasteiger partial charge in [-0.1, -0.05) is 12.1 Å². The van der Waals surface area contributed by atoms with Crippen molar-refractivity contribution in [3.8, 4) is 17.1 Å². The third-order valence-corrected chi connectivity index (χ3v) is 5.44. The fourth-order valence-electron chi connectivity index (χ4n) is 3.72. The summed E-state index contributed by atoms with van der Waals surface area (Å²) >= 11 is 0. The zero-order chi connectivity index (χ0) is 24.5. The number of nitrogens with zero attached hydrogens (tertiary/aromatic N) is 6. The molecule has 0 amide bonds. The average molecular weight is 478 g/mol. The number of nitrogen functional groups attached to an aromatic ring is 1. The largest absolute Gasteiger partial charge is 0.491 e. The van der Waals surface area contributed by atoms with Crippen LogP contribution in [0.25, 0.3) is 11.4 Å². The Balaban J connectivity index is 1.59. The van der Waals surface area contributed by atoms with Crippen LogP contribution in [0.2, 0.25) is 0 Å². The average Bonchev–Trinajstić information content (AvgIpc) is 3.24. The number of rotatable bonds is 7. The lowest BCUT2D eigenvalue weighted by molar-refractivity contribution is -0.147. The number of ether oxygens (including phenoxy) is 1. The van der Waals surface area contributed by atoms with E-state index >= 15 is 0 Å². The van der Waals surface area contributed by atoms with Crippen LogP contribution in [-0.4, -0.2) is 62.7 Å². The molecule has 1 aromatic carbocycles. The maximum atomic E-state index is 13.2. The van der Waals surface area contributed by atoms with Gasteiger partial charge >= 0.3 is 6.18 Å². The molecule has 0 saturated carbocycles. The minimum Gasteiger partial charge on any atom is -0.491 e. The summed E-state index contributed by atoms with van der Waals surface area (Å²) in [4.78, 5) is 10.9. The van der Waals surface area contributed by atoms with Crippen molar-refractivity contribution in [1.82, 2.24) is 30.0 Å². The van der Waals surface area contributed by atoms with Crippen molar-refractivity contribution < 1.29 is 23.0 Å². The van der Waals surface area contributed by atoms with E-state index in [1.165, 1.54) is 0 Å². The van der Waals surface area contributed by atoms with E-state index in [1.54, 1.807) is 38.2 Å². The zero-order valence-electron chi connectivity index (χ0n) is 18.7. The summed E-state index contributed by atoms with van der Waals surface area (Å²) in [5.74, 6) is 0.857. The molecule has 2 aromatic heterocycles. The second-order valence-electron chi connectivity index (χ2n) is 7.94. The fourth-order valence-corrected chi connectivity index (χ4v) is 3.72. The Morgan fingerprint density at radius 1 is 1.24 bits per heavy atom. The van der Waals surface area contributed by atoms with E-state index in [4.69, 9.17) is 10.5 Å². The van der Waals surface area contributed by atoms with Crippen LogP contribution in [0.15, 0.2) is 24.3 Å². The Bertz CT molecular complexity index is 1170. The summed E-state index contributed by atoms with van der Waals surface area (Å²) in [5, 5.41) is 19.8. The molecule has 1 unspecified atom stereocenters. The number of fused-ring (bicyclic) bond motifs is 1. The first-order valence-corrected chi connectivity index (χ1v) is 10.6. The van der Waals surface area contributed by atoms with Crippen molar-refractivity contribution in [2.24, 2.45) is 0 Å². The van der Waals surface area contributed by atoms with Crippen LogP contribution in [0.4, 0.5) is 24.8 Å². The van der Waals surface area contributed by atoms with E-state index in [1.807, 2.05) is 4.90 Å². The predicted octanol–water partition coefficient (Wildman–Crippen LogP) is 1.62. The van der Waals surface area contributed by atoms with Gasteiger partial charge in [0.1, 0.15) is 30.1 Å². The molecule has 0 aliphatic carbocycles. The summed E-state index contributed by atoms with van der Waals surface area (Å²) in [7, 11) is 1.74. The number of aliphatic hydroxyl groups is 1. The minimum absolute atomic E-state index is 0.0636. The van der Waals surface area contributed by atoms with E-state index in [0.717, 1.165) is 4.57 Å². The molecule has 1 aliphatic heterocycles. The third-order valence-electron chi connectivity index (χ3n) is 5.44.